The highest BCUT2D eigenvalue weighted by Gasteiger charge is 2.55. The van der Waals surface area contributed by atoms with Gasteiger partial charge in [-0.1, -0.05) is 55.8 Å². The van der Waals surface area contributed by atoms with Crippen LogP contribution in [0.3, 0.4) is 0 Å². The number of carbonyl (C=O) groups excluding carboxylic acids is 1. The van der Waals surface area contributed by atoms with Crippen LogP contribution >= 0.6 is 0 Å². The minimum Gasteiger partial charge on any atom is -0.508 e. The van der Waals surface area contributed by atoms with Crippen LogP contribution in [0.25, 0.3) is 0 Å². The zero-order chi connectivity index (χ0) is 25.8. The molecular formula is C30H35N3O4. The van der Waals surface area contributed by atoms with Crippen molar-refractivity contribution in [2.75, 3.05) is 20.3 Å². The van der Waals surface area contributed by atoms with Gasteiger partial charge in [0.05, 0.1) is 25.8 Å². The number of nitrogens with one attached hydrogen (secondary N) is 2. The first-order valence-electron chi connectivity index (χ1n) is 13.1. The molecule has 3 N–H and O–H groups in total. The number of hydrogen-bond acceptors (Lipinski definition) is 6. The SMILES string of the molecule is CCCCOc1cccc(C2C3C(NNC3c3ccccc3O)C(=O)N2CCc2ccc(OC)cc2)c1. The molecule has 4 unspecified atom stereocenters. The number of hydrogen-bond donors (Lipinski definition) is 3. The normalized spacial score (nSPS) is 22.8. The molecule has 0 saturated carbocycles. The van der Waals surface area contributed by atoms with Gasteiger partial charge in [0.1, 0.15) is 23.3 Å². The van der Waals surface area contributed by atoms with Gasteiger partial charge in [-0.05, 0) is 54.3 Å². The number of benzene rings is 3. The number of rotatable bonds is 10. The minimum absolute atomic E-state index is 0.0613. The molecule has 0 aromatic heterocycles. The number of methoxy groups -OCH3 is 1. The largest absolute Gasteiger partial charge is 0.508 e. The molecule has 7 nitrogen and oxygen atoms in total. The van der Waals surface area contributed by atoms with Crippen molar-refractivity contribution in [2.45, 2.75) is 44.3 Å². The second kappa shape index (κ2) is 11.2. The van der Waals surface area contributed by atoms with Gasteiger partial charge in [-0.15, -0.1) is 0 Å². The summed E-state index contributed by atoms with van der Waals surface area (Å²) in [6, 6.07) is 22.6. The molecule has 0 aliphatic carbocycles. The van der Waals surface area contributed by atoms with Crippen LogP contribution in [0.1, 0.15) is 48.5 Å². The summed E-state index contributed by atoms with van der Waals surface area (Å²) < 4.78 is 11.3. The van der Waals surface area contributed by atoms with Crippen molar-refractivity contribution in [1.29, 1.82) is 0 Å². The van der Waals surface area contributed by atoms with Gasteiger partial charge < -0.3 is 19.5 Å². The predicted octanol–water partition coefficient (Wildman–Crippen LogP) is 4.54. The standard InChI is InChI=1S/C30H35N3O4/c1-3-4-18-37-23-9-7-8-21(19-23)29-26-27(24-10-5-6-11-25(24)34)31-32-28(26)30(35)33(29)17-16-20-12-14-22(36-2)15-13-20/h5-15,19,26-29,31-32,34H,3-4,16-18H2,1-2H3. The molecule has 2 aliphatic heterocycles. The lowest BCUT2D eigenvalue weighted by Gasteiger charge is -2.31. The lowest BCUT2D eigenvalue weighted by Crippen LogP contribution is -2.42. The maximum absolute atomic E-state index is 13.8. The number of unbranched alkanes of at least 4 members (excludes halogenated alkanes) is 1. The number of hydrazine groups is 1. The van der Waals surface area contributed by atoms with Crippen LogP contribution in [0, 0.1) is 5.92 Å². The van der Waals surface area contributed by atoms with E-state index in [1.54, 1.807) is 13.2 Å². The van der Waals surface area contributed by atoms with E-state index < -0.39 is 6.04 Å². The van der Waals surface area contributed by atoms with E-state index in [0.717, 1.165) is 47.5 Å². The Morgan fingerprint density at radius 1 is 0.946 bits per heavy atom. The number of ether oxygens (including phenoxy) is 2. The summed E-state index contributed by atoms with van der Waals surface area (Å²) in [5, 5.41) is 10.6. The summed E-state index contributed by atoms with van der Waals surface area (Å²) in [6.45, 7) is 3.39. The quantitative estimate of drug-likeness (QED) is 0.354. The Labute approximate surface area is 218 Å². The second-order valence-electron chi connectivity index (χ2n) is 9.73. The molecular weight excluding hydrogens is 466 g/mol. The monoisotopic (exact) mass is 501 g/mol. The molecule has 3 aromatic carbocycles. The fourth-order valence-corrected chi connectivity index (χ4v) is 5.53. The molecule has 0 spiro atoms. The van der Waals surface area contributed by atoms with Gasteiger partial charge in [-0.3, -0.25) is 4.79 Å². The van der Waals surface area contributed by atoms with Gasteiger partial charge in [0.2, 0.25) is 5.91 Å². The number of para-hydroxylation sites is 1. The molecule has 0 radical (unpaired) electrons. The molecule has 1 amide bonds. The van der Waals surface area contributed by atoms with Crippen molar-refractivity contribution in [2.24, 2.45) is 5.92 Å². The van der Waals surface area contributed by atoms with Crippen LogP contribution in [0.2, 0.25) is 0 Å². The summed E-state index contributed by atoms with van der Waals surface area (Å²) in [5.74, 6) is 1.81. The zero-order valence-electron chi connectivity index (χ0n) is 21.4. The van der Waals surface area contributed by atoms with Gasteiger partial charge in [0, 0.05) is 18.0 Å². The number of amides is 1. The Hall–Kier alpha value is -3.55. The highest BCUT2D eigenvalue weighted by molar-refractivity contribution is 5.86. The number of likely N-dealkylation sites (tertiary alicyclic amines) is 1. The molecule has 2 heterocycles. The maximum Gasteiger partial charge on any atom is 0.242 e. The number of phenolic OH excluding ortho intramolecular Hbond substituents is 1. The smallest absolute Gasteiger partial charge is 0.242 e. The average Bonchev–Trinajstić information content (AvgIpc) is 3.47. The van der Waals surface area contributed by atoms with Crippen molar-refractivity contribution >= 4 is 5.91 Å². The topological polar surface area (TPSA) is 83.1 Å². The molecule has 2 aliphatic rings. The van der Waals surface area contributed by atoms with Crippen molar-refractivity contribution in [3.8, 4) is 17.2 Å². The molecule has 0 bridgehead atoms. The van der Waals surface area contributed by atoms with Crippen molar-refractivity contribution in [3.63, 3.8) is 0 Å². The van der Waals surface area contributed by atoms with Crippen molar-refractivity contribution < 1.29 is 19.4 Å². The fourth-order valence-electron chi connectivity index (χ4n) is 5.53. The van der Waals surface area contributed by atoms with Crippen LogP contribution < -0.4 is 20.3 Å². The van der Waals surface area contributed by atoms with E-state index >= 15 is 0 Å². The number of phenols is 1. The van der Waals surface area contributed by atoms with Crippen molar-refractivity contribution in [3.05, 3.63) is 89.5 Å². The van der Waals surface area contributed by atoms with Crippen LogP contribution in [-0.4, -0.2) is 42.2 Å². The van der Waals surface area contributed by atoms with Crippen molar-refractivity contribution in [1.82, 2.24) is 15.8 Å². The maximum atomic E-state index is 13.8. The first-order valence-corrected chi connectivity index (χ1v) is 13.1. The molecule has 4 atom stereocenters. The Morgan fingerprint density at radius 2 is 1.73 bits per heavy atom. The van der Waals surface area contributed by atoms with E-state index in [1.165, 1.54) is 0 Å². The van der Waals surface area contributed by atoms with Gasteiger partial charge >= 0.3 is 0 Å². The zero-order valence-corrected chi connectivity index (χ0v) is 21.4. The lowest BCUT2D eigenvalue weighted by atomic mass is 9.83. The highest BCUT2D eigenvalue weighted by Crippen LogP contribution is 2.48. The van der Waals surface area contributed by atoms with E-state index in [0.29, 0.717) is 13.2 Å². The summed E-state index contributed by atoms with van der Waals surface area (Å²) in [6.07, 6.45) is 2.79. The molecule has 2 saturated heterocycles. The van der Waals surface area contributed by atoms with Gasteiger partial charge in [0.15, 0.2) is 0 Å². The lowest BCUT2D eigenvalue weighted by molar-refractivity contribution is -0.130. The number of aromatic hydroxyl groups is 1. The summed E-state index contributed by atoms with van der Waals surface area (Å²) in [7, 11) is 1.66. The number of carbonyl (C=O) groups is 1. The first-order chi connectivity index (χ1) is 18.1. The average molecular weight is 502 g/mol. The molecule has 2 fully saturated rings. The molecule has 37 heavy (non-hydrogen) atoms. The van der Waals surface area contributed by atoms with Crippen LogP contribution in [0.4, 0.5) is 0 Å². The summed E-state index contributed by atoms with van der Waals surface area (Å²) in [4.78, 5) is 15.8. The molecule has 5 rings (SSSR count). The second-order valence-corrected chi connectivity index (χ2v) is 9.73. The van der Waals surface area contributed by atoms with Gasteiger partial charge in [-0.25, -0.2) is 10.9 Å². The Kier molecular flexibility index (Phi) is 7.63. The first kappa shape index (κ1) is 25.1. The van der Waals surface area contributed by atoms with Gasteiger partial charge in [-0.2, -0.15) is 0 Å². The third kappa shape index (κ3) is 5.15. The van der Waals surface area contributed by atoms with Crippen LogP contribution in [-0.2, 0) is 11.2 Å². The van der Waals surface area contributed by atoms with Crippen LogP contribution in [0.5, 0.6) is 17.2 Å². The van der Waals surface area contributed by atoms with E-state index in [1.807, 2.05) is 59.5 Å². The molecule has 194 valence electrons. The predicted molar refractivity (Wildman–Crippen MR) is 142 cm³/mol. The molecule has 7 heteroatoms. The summed E-state index contributed by atoms with van der Waals surface area (Å²) in [5.41, 5.74) is 9.52. The van der Waals surface area contributed by atoms with Crippen LogP contribution in [0.15, 0.2) is 72.8 Å². The van der Waals surface area contributed by atoms with E-state index in [-0.39, 0.29) is 29.7 Å². The molecule has 3 aromatic rings. The Bertz CT molecular complexity index is 1220. The van der Waals surface area contributed by atoms with E-state index in [9.17, 15) is 9.90 Å². The van der Waals surface area contributed by atoms with Gasteiger partial charge in [0.25, 0.3) is 0 Å². The number of nitrogens with zero attached hydrogens (tertiary/aromatic N) is 1. The third-order valence-electron chi connectivity index (χ3n) is 7.45. The Balaban J connectivity index is 1.47. The fraction of sp³-hybridized carbons (Fsp3) is 0.367. The Morgan fingerprint density at radius 3 is 2.49 bits per heavy atom. The van der Waals surface area contributed by atoms with E-state index in [2.05, 4.69) is 29.9 Å². The highest BCUT2D eigenvalue weighted by atomic mass is 16.5. The number of fused-ring (bicyclic) bond motifs is 1. The van der Waals surface area contributed by atoms with E-state index in [4.69, 9.17) is 9.47 Å². The minimum atomic E-state index is -0.393. The summed E-state index contributed by atoms with van der Waals surface area (Å²) >= 11 is 0. The third-order valence-corrected chi connectivity index (χ3v) is 7.45.